The van der Waals surface area contributed by atoms with Crippen LogP contribution in [0.25, 0.3) is 0 Å². The Morgan fingerprint density at radius 2 is 2.07 bits per heavy atom. The van der Waals surface area contributed by atoms with E-state index in [1.54, 1.807) is 54.7 Å². The van der Waals surface area contributed by atoms with Crippen LogP contribution in [-0.4, -0.2) is 28.4 Å². The van der Waals surface area contributed by atoms with Crippen molar-refractivity contribution in [2.45, 2.75) is 13.0 Å². The molecular weight excluding hydrogens is 372 g/mol. The van der Waals surface area contributed by atoms with Gasteiger partial charge < -0.3 is 14.3 Å². The van der Waals surface area contributed by atoms with E-state index in [2.05, 4.69) is 4.98 Å². The van der Waals surface area contributed by atoms with Gasteiger partial charge in [-0.05, 0) is 43.3 Å². The number of benzene rings is 1. The Morgan fingerprint density at radius 1 is 1.21 bits per heavy atom. The molecule has 0 spiro atoms. The first-order valence-corrected chi connectivity index (χ1v) is 9.10. The van der Waals surface area contributed by atoms with Gasteiger partial charge in [-0.15, -0.1) is 0 Å². The Labute approximate surface area is 166 Å². The zero-order valence-electron chi connectivity index (χ0n) is 15.6. The molecule has 1 atom stereocenters. The number of carbonyl (C=O) groups is 2. The summed E-state index contributed by atoms with van der Waals surface area (Å²) in [6, 6.07) is 14.3. The number of anilines is 1. The second-order valence-corrected chi connectivity index (χ2v) is 6.33. The van der Waals surface area contributed by atoms with Crippen molar-refractivity contribution in [2.75, 3.05) is 11.5 Å². The number of hydrogen-bond donors (Lipinski definition) is 1. The fourth-order valence-corrected chi connectivity index (χ4v) is 3.35. The molecule has 3 heterocycles. The van der Waals surface area contributed by atoms with Gasteiger partial charge >= 0.3 is 0 Å². The van der Waals surface area contributed by atoms with Gasteiger partial charge in [0.1, 0.15) is 11.8 Å². The van der Waals surface area contributed by atoms with Gasteiger partial charge in [0, 0.05) is 18.0 Å². The van der Waals surface area contributed by atoms with E-state index in [9.17, 15) is 14.7 Å². The maximum atomic E-state index is 13.1. The number of furan rings is 1. The molecule has 0 bridgehead atoms. The van der Waals surface area contributed by atoms with Gasteiger partial charge in [0.05, 0.1) is 24.1 Å². The van der Waals surface area contributed by atoms with Crippen molar-refractivity contribution in [3.05, 3.63) is 89.8 Å². The number of carbonyl (C=O) groups excluding carboxylic acids is 2. The number of pyridine rings is 1. The van der Waals surface area contributed by atoms with Gasteiger partial charge in [-0.3, -0.25) is 19.5 Å². The number of ketones is 1. The summed E-state index contributed by atoms with van der Waals surface area (Å²) < 4.78 is 10.7. The van der Waals surface area contributed by atoms with Crippen LogP contribution in [0, 0.1) is 0 Å². The summed E-state index contributed by atoms with van der Waals surface area (Å²) in [6.07, 6.45) is 2.93. The first-order valence-electron chi connectivity index (χ1n) is 9.10. The van der Waals surface area contributed by atoms with E-state index in [0.717, 1.165) is 0 Å². The lowest BCUT2D eigenvalue weighted by molar-refractivity contribution is -0.117. The van der Waals surface area contributed by atoms with Crippen molar-refractivity contribution in [3.8, 4) is 5.75 Å². The van der Waals surface area contributed by atoms with E-state index < -0.39 is 23.5 Å². The number of ether oxygens (including phenoxy) is 1. The van der Waals surface area contributed by atoms with E-state index in [1.165, 1.54) is 17.2 Å². The summed E-state index contributed by atoms with van der Waals surface area (Å²) >= 11 is 0. The summed E-state index contributed by atoms with van der Waals surface area (Å²) in [4.78, 5) is 31.7. The molecule has 1 N–H and O–H groups in total. The summed E-state index contributed by atoms with van der Waals surface area (Å²) in [6.45, 7) is 2.32. The summed E-state index contributed by atoms with van der Waals surface area (Å²) in [7, 11) is 0. The molecule has 146 valence electrons. The average Bonchev–Trinajstić information content (AvgIpc) is 3.36. The molecule has 4 rings (SSSR count). The molecule has 0 saturated heterocycles. The van der Waals surface area contributed by atoms with Crippen LogP contribution >= 0.6 is 0 Å². The van der Waals surface area contributed by atoms with Crippen LogP contribution in [0.1, 0.15) is 29.2 Å². The second kappa shape index (κ2) is 7.63. The van der Waals surface area contributed by atoms with Gasteiger partial charge in [-0.25, -0.2) is 0 Å². The Bertz CT molecular complexity index is 1070. The minimum absolute atomic E-state index is 0.0326. The fourth-order valence-electron chi connectivity index (χ4n) is 3.35. The Balaban J connectivity index is 1.85. The van der Waals surface area contributed by atoms with E-state index in [0.29, 0.717) is 23.7 Å². The predicted octanol–water partition coefficient (Wildman–Crippen LogP) is 3.86. The van der Waals surface area contributed by atoms with Gasteiger partial charge in [-0.2, -0.15) is 0 Å². The van der Waals surface area contributed by atoms with E-state index >= 15 is 0 Å². The van der Waals surface area contributed by atoms with Gasteiger partial charge in [0.2, 0.25) is 5.78 Å². The molecular formula is C22H18N2O5. The molecule has 2 aromatic heterocycles. The van der Waals surface area contributed by atoms with E-state index in [-0.39, 0.29) is 11.3 Å². The molecule has 1 unspecified atom stereocenters. The number of aromatic nitrogens is 1. The standard InChI is InChI=1S/C22H18N2O5/c1-2-28-15-8-5-7-14(13-15)24-19(16-9-3-4-11-23-16)18(21(26)22(24)27)20(25)17-10-6-12-29-17/h3-13,19,26H,2H2,1H3. The zero-order valence-corrected chi connectivity index (χ0v) is 15.6. The topological polar surface area (TPSA) is 92.9 Å². The maximum Gasteiger partial charge on any atom is 0.294 e. The third-order valence-electron chi connectivity index (χ3n) is 4.57. The van der Waals surface area contributed by atoms with Crippen molar-refractivity contribution >= 4 is 17.4 Å². The monoisotopic (exact) mass is 390 g/mol. The lowest BCUT2D eigenvalue weighted by Gasteiger charge is -2.26. The highest BCUT2D eigenvalue weighted by atomic mass is 16.5. The van der Waals surface area contributed by atoms with Crippen LogP contribution in [-0.2, 0) is 4.79 Å². The Morgan fingerprint density at radius 3 is 2.76 bits per heavy atom. The molecule has 1 aliphatic heterocycles. The quantitative estimate of drug-likeness (QED) is 0.643. The summed E-state index contributed by atoms with van der Waals surface area (Å²) in [5.41, 5.74) is 0.845. The average molecular weight is 390 g/mol. The van der Waals surface area contributed by atoms with Gasteiger partial charge in [-0.1, -0.05) is 12.1 Å². The fraction of sp³-hybridized carbons (Fsp3) is 0.136. The largest absolute Gasteiger partial charge is 0.503 e. The molecule has 1 amide bonds. The maximum absolute atomic E-state index is 13.1. The molecule has 1 aromatic carbocycles. The SMILES string of the molecule is CCOc1cccc(N2C(=O)C(O)=C(C(=O)c3ccco3)C2c2ccccn2)c1. The van der Waals surface area contributed by atoms with Crippen molar-refractivity contribution in [2.24, 2.45) is 0 Å². The third-order valence-corrected chi connectivity index (χ3v) is 4.57. The Kier molecular flexibility index (Phi) is 4.87. The molecule has 0 radical (unpaired) electrons. The number of aliphatic hydroxyl groups is 1. The highest BCUT2D eigenvalue weighted by Gasteiger charge is 2.46. The number of amides is 1. The lowest BCUT2D eigenvalue weighted by atomic mass is 9.98. The van der Waals surface area contributed by atoms with Crippen LogP contribution in [0.15, 0.2) is 82.8 Å². The molecule has 1 aliphatic rings. The van der Waals surface area contributed by atoms with Crippen LogP contribution < -0.4 is 9.64 Å². The van der Waals surface area contributed by atoms with E-state index in [1.807, 2.05) is 6.92 Å². The number of hydrogen-bond acceptors (Lipinski definition) is 6. The number of aliphatic hydroxyl groups excluding tert-OH is 1. The first kappa shape index (κ1) is 18.5. The zero-order chi connectivity index (χ0) is 20.4. The predicted molar refractivity (Wildman–Crippen MR) is 105 cm³/mol. The normalized spacial score (nSPS) is 16.4. The van der Waals surface area contributed by atoms with Crippen molar-refractivity contribution in [3.63, 3.8) is 0 Å². The highest BCUT2D eigenvalue weighted by Crippen LogP contribution is 2.41. The molecule has 0 saturated carbocycles. The molecule has 29 heavy (non-hydrogen) atoms. The second-order valence-electron chi connectivity index (χ2n) is 6.33. The van der Waals surface area contributed by atoms with Gasteiger partial charge in [0.15, 0.2) is 11.5 Å². The highest BCUT2D eigenvalue weighted by molar-refractivity contribution is 6.20. The first-order chi connectivity index (χ1) is 14.1. The van der Waals surface area contributed by atoms with Crippen LogP contribution in [0.4, 0.5) is 5.69 Å². The number of rotatable bonds is 6. The molecule has 3 aromatic rings. The van der Waals surface area contributed by atoms with Crippen LogP contribution in [0.5, 0.6) is 5.75 Å². The third kappa shape index (κ3) is 3.27. The minimum atomic E-state index is -0.904. The summed E-state index contributed by atoms with van der Waals surface area (Å²) in [5.74, 6) is -1.28. The lowest BCUT2D eigenvalue weighted by Crippen LogP contribution is -2.31. The van der Waals surface area contributed by atoms with Crippen molar-refractivity contribution in [1.82, 2.24) is 4.98 Å². The molecule has 7 heteroatoms. The number of nitrogens with zero attached hydrogens (tertiary/aromatic N) is 2. The summed E-state index contributed by atoms with van der Waals surface area (Å²) in [5, 5.41) is 10.6. The smallest absolute Gasteiger partial charge is 0.294 e. The van der Waals surface area contributed by atoms with Crippen LogP contribution in [0.2, 0.25) is 0 Å². The van der Waals surface area contributed by atoms with Gasteiger partial charge in [0.25, 0.3) is 5.91 Å². The molecule has 0 fully saturated rings. The van der Waals surface area contributed by atoms with E-state index in [4.69, 9.17) is 9.15 Å². The molecule has 7 nitrogen and oxygen atoms in total. The number of Topliss-reactive ketones (excluding diaryl/α,β-unsaturated/α-hetero) is 1. The Hall–Kier alpha value is -3.87. The molecule has 0 aliphatic carbocycles. The van der Waals surface area contributed by atoms with Crippen LogP contribution in [0.3, 0.4) is 0 Å². The minimum Gasteiger partial charge on any atom is -0.503 e. The van der Waals surface area contributed by atoms with Crippen molar-refractivity contribution < 1.29 is 23.8 Å². The van der Waals surface area contributed by atoms with Crippen molar-refractivity contribution in [1.29, 1.82) is 0 Å².